The van der Waals surface area contributed by atoms with Crippen molar-refractivity contribution < 1.29 is 14.1 Å². The summed E-state index contributed by atoms with van der Waals surface area (Å²) in [6, 6.07) is 4.02. The van der Waals surface area contributed by atoms with E-state index in [2.05, 4.69) is 15.5 Å². The number of nitrogens with zero attached hydrogens (tertiary/aromatic N) is 3. The van der Waals surface area contributed by atoms with Gasteiger partial charge >= 0.3 is 0 Å². The van der Waals surface area contributed by atoms with Crippen LogP contribution in [0.5, 0.6) is 0 Å². The first kappa shape index (κ1) is 18.2. The first-order valence-corrected chi connectivity index (χ1v) is 8.24. The number of thioether (sulfide) groups is 1. The van der Waals surface area contributed by atoms with Crippen LogP contribution in [0.2, 0.25) is 5.02 Å². The molecule has 1 amide bonds. The van der Waals surface area contributed by atoms with Gasteiger partial charge in [-0.1, -0.05) is 44.1 Å². The molecule has 1 N–H and O–H groups in total. The summed E-state index contributed by atoms with van der Waals surface area (Å²) >= 11 is 6.78. The van der Waals surface area contributed by atoms with E-state index in [1.165, 1.54) is 18.2 Å². The minimum atomic E-state index is -0.609. The molecule has 0 aliphatic carbocycles. The average molecular weight is 371 g/mol. The lowest BCUT2D eigenvalue weighted by Crippen LogP contribution is -2.15. The van der Waals surface area contributed by atoms with Gasteiger partial charge in [0.15, 0.2) is 0 Å². The van der Waals surface area contributed by atoms with E-state index < -0.39 is 10.8 Å². The van der Waals surface area contributed by atoms with Crippen molar-refractivity contribution in [1.29, 1.82) is 0 Å². The lowest BCUT2D eigenvalue weighted by atomic mass is 9.97. The van der Waals surface area contributed by atoms with Gasteiger partial charge < -0.3 is 9.73 Å². The van der Waals surface area contributed by atoms with Gasteiger partial charge in [-0.2, -0.15) is 0 Å². The fourth-order valence-electron chi connectivity index (χ4n) is 1.65. The second-order valence-electron chi connectivity index (χ2n) is 5.88. The number of halogens is 1. The minimum Gasteiger partial charge on any atom is -0.415 e. The van der Waals surface area contributed by atoms with E-state index >= 15 is 0 Å². The van der Waals surface area contributed by atoms with Crippen molar-refractivity contribution in [2.75, 3.05) is 11.1 Å². The molecule has 0 spiro atoms. The molecule has 0 saturated carbocycles. The smallest absolute Gasteiger partial charge is 0.294 e. The maximum atomic E-state index is 12.0. The molecule has 0 unspecified atom stereocenters. The van der Waals surface area contributed by atoms with E-state index in [0.717, 1.165) is 11.8 Å². The number of carbonyl (C=O) groups excluding carboxylic acids is 1. The number of benzene rings is 1. The van der Waals surface area contributed by atoms with Gasteiger partial charge in [-0.15, -0.1) is 10.2 Å². The molecule has 1 aromatic heterocycles. The zero-order chi connectivity index (χ0) is 17.9. The predicted octanol–water partition coefficient (Wildman–Crippen LogP) is 3.66. The van der Waals surface area contributed by atoms with Crippen LogP contribution in [0.15, 0.2) is 27.8 Å². The van der Waals surface area contributed by atoms with Gasteiger partial charge in [0.1, 0.15) is 5.69 Å². The van der Waals surface area contributed by atoms with Crippen molar-refractivity contribution in [2.24, 2.45) is 0 Å². The second-order valence-corrected chi connectivity index (χ2v) is 7.24. The third kappa shape index (κ3) is 4.68. The topological polar surface area (TPSA) is 111 Å². The molecule has 0 aliphatic rings. The van der Waals surface area contributed by atoms with Crippen LogP contribution >= 0.6 is 23.4 Å². The number of nitro benzene ring substituents is 1. The van der Waals surface area contributed by atoms with Crippen molar-refractivity contribution >= 4 is 40.6 Å². The number of aromatic nitrogens is 2. The van der Waals surface area contributed by atoms with Crippen LogP contribution in [0.3, 0.4) is 0 Å². The SMILES string of the molecule is CC(C)(C)c1nnc(SCC(=O)Nc2ccc(Cl)cc2[N+](=O)[O-])o1. The second kappa shape index (κ2) is 7.18. The summed E-state index contributed by atoms with van der Waals surface area (Å²) < 4.78 is 5.46. The Morgan fingerprint density at radius 1 is 1.42 bits per heavy atom. The largest absolute Gasteiger partial charge is 0.415 e. The monoisotopic (exact) mass is 370 g/mol. The molecule has 0 bridgehead atoms. The Bertz CT molecular complexity index is 772. The van der Waals surface area contributed by atoms with Crippen LogP contribution in [-0.4, -0.2) is 26.8 Å². The van der Waals surface area contributed by atoms with Crippen LogP contribution in [0.25, 0.3) is 0 Å². The molecular formula is C14H15ClN4O4S. The summed E-state index contributed by atoms with van der Waals surface area (Å²) in [5.74, 6) is 0.0191. The standard InChI is InChI=1S/C14H15ClN4O4S/c1-14(2,3)12-17-18-13(23-12)24-7-11(20)16-9-5-4-8(15)6-10(9)19(21)22/h4-6H,7H2,1-3H3,(H,16,20). The summed E-state index contributed by atoms with van der Waals surface area (Å²) in [4.78, 5) is 22.4. The Balaban J connectivity index is 1.99. The van der Waals surface area contributed by atoms with Crippen LogP contribution in [0.4, 0.5) is 11.4 Å². The molecular weight excluding hydrogens is 356 g/mol. The molecule has 0 saturated heterocycles. The summed E-state index contributed by atoms with van der Waals surface area (Å²) in [6.07, 6.45) is 0. The number of carbonyl (C=O) groups is 1. The first-order valence-electron chi connectivity index (χ1n) is 6.87. The van der Waals surface area contributed by atoms with E-state index in [4.69, 9.17) is 16.0 Å². The Hall–Kier alpha value is -2.13. The molecule has 2 rings (SSSR count). The number of hydrogen-bond acceptors (Lipinski definition) is 7. The Kier molecular flexibility index (Phi) is 5.45. The predicted molar refractivity (Wildman–Crippen MR) is 90.5 cm³/mol. The normalized spacial score (nSPS) is 11.3. The summed E-state index contributed by atoms with van der Waals surface area (Å²) in [5.41, 5.74) is -0.470. The van der Waals surface area contributed by atoms with E-state index in [9.17, 15) is 14.9 Å². The van der Waals surface area contributed by atoms with Crippen LogP contribution in [-0.2, 0) is 10.2 Å². The van der Waals surface area contributed by atoms with Gasteiger partial charge in [-0.3, -0.25) is 14.9 Å². The summed E-state index contributed by atoms with van der Waals surface area (Å²) in [6.45, 7) is 5.80. The zero-order valence-electron chi connectivity index (χ0n) is 13.2. The first-order chi connectivity index (χ1) is 11.2. The van der Waals surface area contributed by atoms with Gasteiger partial charge in [0.2, 0.25) is 11.8 Å². The van der Waals surface area contributed by atoms with E-state index in [1.54, 1.807) is 0 Å². The average Bonchev–Trinajstić information content (AvgIpc) is 2.96. The van der Waals surface area contributed by atoms with E-state index in [-0.39, 0.29) is 32.8 Å². The molecule has 0 aliphatic heterocycles. The molecule has 0 fully saturated rings. The third-order valence-corrected chi connectivity index (χ3v) is 3.86. The van der Waals surface area contributed by atoms with Gasteiger partial charge in [-0.25, -0.2) is 0 Å². The van der Waals surface area contributed by atoms with Gasteiger partial charge in [-0.05, 0) is 12.1 Å². The Morgan fingerprint density at radius 2 is 2.12 bits per heavy atom. The summed E-state index contributed by atoms with van der Waals surface area (Å²) in [5, 5.41) is 21.7. The van der Waals surface area contributed by atoms with Crippen LogP contribution in [0.1, 0.15) is 26.7 Å². The maximum Gasteiger partial charge on any atom is 0.294 e. The molecule has 24 heavy (non-hydrogen) atoms. The van der Waals surface area contributed by atoms with Crippen LogP contribution < -0.4 is 5.32 Å². The molecule has 0 radical (unpaired) electrons. The highest BCUT2D eigenvalue weighted by Crippen LogP contribution is 2.28. The Morgan fingerprint density at radius 3 is 2.71 bits per heavy atom. The lowest BCUT2D eigenvalue weighted by molar-refractivity contribution is -0.383. The van der Waals surface area contributed by atoms with Gasteiger partial charge in [0, 0.05) is 16.5 Å². The van der Waals surface area contributed by atoms with Crippen molar-refractivity contribution in [3.63, 3.8) is 0 Å². The molecule has 1 aromatic carbocycles. The fourth-order valence-corrected chi connectivity index (χ4v) is 2.38. The molecule has 8 nitrogen and oxygen atoms in total. The highest BCUT2D eigenvalue weighted by molar-refractivity contribution is 7.99. The Labute approximate surface area is 147 Å². The number of rotatable bonds is 5. The third-order valence-electron chi connectivity index (χ3n) is 2.81. The number of nitro groups is 1. The van der Waals surface area contributed by atoms with E-state index in [0.29, 0.717) is 5.89 Å². The molecule has 2 aromatic rings. The minimum absolute atomic E-state index is 0.0223. The van der Waals surface area contributed by atoms with Crippen molar-refractivity contribution in [1.82, 2.24) is 10.2 Å². The molecule has 10 heteroatoms. The molecule has 1 heterocycles. The highest BCUT2D eigenvalue weighted by atomic mass is 35.5. The summed E-state index contributed by atoms with van der Waals surface area (Å²) in [7, 11) is 0. The number of anilines is 1. The zero-order valence-corrected chi connectivity index (χ0v) is 14.8. The number of amides is 1. The van der Waals surface area contributed by atoms with Crippen molar-refractivity contribution in [3.8, 4) is 0 Å². The lowest BCUT2D eigenvalue weighted by Gasteiger charge is -2.10. The van der Waals surface area contributed by atoms with Gasteiger partial charge in [0.05, 0.1) is 10.7 Å². The van der Waals surface area contributed by atoms with Gasteiger partial charge in [0.25, 0.3) is 10.9 Å². The number of nitrogens with one attached hydrogen (secondary N) is 1. The van der Waals surface area contributed by atoms with Crippen molar-refractivity contribution in [2.45, 2.75) is 31.4 Å². The van der Waals surface area contributed by atoms with E-state index in [1.807, 2.05) is 20.8 Å². The fraction of sp³-hybridized carbons (Fsp3) is 0.357. The number of hydrogen-bond donors (Lipinski definition) is 1. The quantitative estimate of drug-likeness (QED) is 0.485. The van der Waals surface area contributed by atoms with Crippen molar-refractivity contribution in [3.05, 3.63) is 39.2 Å². The highest BCUT2D eigenvalue weighted by Gasteiger charge is 2.22. The maximum absolute atomic E-state index is 12.0. The van der Waals surface area contributed by atoms with Crippen LogP contribution in [0, 0.1) is 10.1 Å². The molecule has 128 valence electrons. The molecule has 0 atom stereocenters.